The van der Waals surface area contributed by atoms with Gasteiger partial charge in [0.25, 0.3) is 5.91 Å². The second kappa shape index (κ2) is 7.26. The summed E-state index contributed by atoms with van der Waals surface area (Å²) in [6.07, 6.45) is 3.68. The number of carbonyl (C=O) groups is 1. The van der Waals surface area contributed by atoms with Gasteiger partial charge in [-0.2, -0.15) is 0 Å². The van der Waals surface area contributed by atoms with Crippen molar-refractivity contribution in [2.24, 2.45) is 5.92 Å². The number of rotatable bonds is 4. The van der Waals surface area contributed by atoms with E-state index in [1.54, 1.807) is 11.8 Å². The van der Waals surface area contributed by atoms with E-state index in [0.717, 1.165) is 40.2 Å². The zero-order chi connectivity index (χ0) is 17.2. The molecule has 2 bridgehead atoms. The molecule has 4 nitrogen and oxygen atoms in total. The SMILES string of the molecule is Cc1ccc(Sc2ccc(C(=O)NC3CC4CCN(CC4)C3)cc2)o1. The van der Waals surface area contributed by atoms with Crippen LogP contribution in [0.15, 0.2) is 50.8 Å². The van der Waals surface area contributed by atoms with Crippen LogP contribution in [0.3, 0.4) is 0 Å². The second-order valence-electron chi connectivity index (χ2n) is 7.14. The smallest absolute Gasteiger partial charge is 0.251 e. The molecule has 4 heterocycles. The first-order valence-corrected chi connectivity index (χ1v) is 9.85. The summed E-state index contributed by atoms with van der Waals surface area (Å²) in [4.78, 5) is 16.1. The van der Waals surface area contributed by atoms with Gasteiger partial charge in [0.2, 0.25) is 0 Å². The summed E-state index contributed by atoms with van der Waals surface area (Å²) in [5, 5.41) is 4.12. The molecule has 1 unspecified atom stereocenters. The van der Waals surface area contributed by atoms with Crippen LogP contribution in [0.2, 0.25) is 0 Å². The number of amides is 1. The van der Waals surface area contributed by atoms with E-state index in [1.165, 1.54) is 25.9 Å². The molecule has 132 valence electrons. The van der Waals surface area contributed by atoms with Gasteiger partial charge < -0.3 is 14.6 Å². The Morgan fingerprint density at radius 2 is 1.92 bits per heavy atom. The number of benzene rings is 1. The lowest BCUT2D eigenvalue weighted by Gasteiger charge is -2.26. The van der Waals surface area contributed by atoms with Gasteiger partial charge in [-0.25, -0.2) is 0 Å². The van der Waals surface area contributed by atoms with Gasteiger partial charge in [-0.05, 0) is 81.6 Å². The normalized spacial score (nSPS) is 25.6. The van der Waals surface area contributed by atoms with E-state index in [4.69, 9.17) is 4.42 Å². The zero-order valence-electron chi connectivity index (χ0n) is 14.5. The van der Waals surface area contributed by atoms with Gasteiger partial charge >= 0.3 is 0 Å². The molecule has 1 aromatic carbocycles. The predicted octanol–water partition coefficient (Wildman–Crippen LogP) is 3.95. The summed E-state index contributed by atoms with van der Waals surface area (Å²) >= 11 is 1.57. The maximum atomic E-state index is 12.6. The van der Waals surface area contributed by atoms with Crippen molar-refractivity contribution in [2.75, 3.05) is 19.6 Å². The molecule has 0 radical (unpaired) electrons. The summed E-state index contributed by atoms with van der Waals surface area (Å²) in [7, 11) is 0. The van der Waals surface area contributed by atoms with E-state index >= 15 is 0 Å². The second-order valence-corrected chi connectivity index (χ2v) is 8.22. The van der Waals surface area contributed by atoms with Crippen molar-refractivity contribution in [3.05, 3.63) is 47.7 Å². The molecular formula is C20H24N2O2S. The maximum Gasteiger partial charge on any atom is 0.251 e. The van der Waals surface area contributed by atoms with Crippen molar-refractivity contribution in [1.29, 1.82) is 0 Å². The van der Waals surface area contributed by atoms with Crippen LogP contribution in [-0.2, 0) is 0 Å². The summed E-state index contributed by atoms with van der Waals surface area (Å²) in [6, 6.07) is 12.0. The van der Waals surface area contributed by atoms with Crippen LogP contribution >= 0.6 is 11.8 Å². The van der Waals surface area contributed by atoms with Crippen molar-refractivity contribution in [1.82, 2.24) is 10.2 Å². The van der Waals surface area contributed by atoms with Gasteiger partial charge in [-0.3, -0.25) is 4.79 Å². The van der Waals surface area contributed by atoms with Crippen LogP contribution in [0.4, 0.5) is 0 Å². The number of piperidine rings is 1. The monoisotopic (exact) mass is 356 g/mol. The number of hydrogen-bond donors (Lipinski definition) is 1. The number of hydrogen-bond acceptors (Lipinski definition) is 4. The zero-order valence-corrected chi connectivity index (χ0v) is 15.3. The fraction of sp³-hybridized carbons (Fsp3) is 0.450. The van der Waals surface area contributed by atoms with Gasteiger partial charge in [0.15, 0.2) is 5.09 Å². The number of carbonyl (C=O) groups excluding carboxylic acids is 1. The van der Waals surface area contributed by atoms with Crippen molar-refractivity contribution in [2.45, 2.75) is 42.2 Å². The van der Waals surface area contributed by atoms with E-state index in [-0.39, 0.29) is 11.9 Å². The minimum atomic E-state index is 0.0397. The molecule has 3 aliphatic rings. The van der Waals surface area contributed by atoms with E-state index in [9.17, 15) is 4.79 Å². The highest BCUT2D eigenvalue weighted by Gasteiger charge is 2.29. The summed E-state index contributed by atoms with van der Waals surface area (Å²) in [6.45, 7) is 5.31. The van der Waals surface area contributed by atoms with Gasteiger partial charge in [-0.15, -0.1) is 0 Å². The predicted molar refractivity (Wildman–Crippen MR) is 99.0 cm³/mol. The Labute approximate surface area is 153 Å². The number of fused-ring (bicyclic) bond motifs is 4. The van der Waals surface area contributed by atoms with Crippen LogP contribution in [0, 0.1) is 12.8 Å². The van der Waals surface area contributed by atoms with Crippen LogP contribution in [-0.4, -0.2) is 36.5 Å². The average Bonchev–Trinajstić information content (AvgIpc) is 2.81. The standard InChI is InChI=1S/C20H24N2O2S/c1-14-2-7-19(24-14)25-18-5-3-16(4-6-18)20(23)21-17-12-15-8-10-22(13-17)11-9-15/h2-7,15,17H,8-13H2,1H3,(H,21,23). The maximum absolute atomic E-state index is 12.6. The third-order valence-electron chi connectivity index (χ3n) is 5.19. The quantitative estimate of drug-likeness (QED) is 0.901. The van der Waals surface area contributed by atoms with E-state index < -0.39 is 0 Å². The van der Waals surface area contributed by atoms with Crippen LogP contribution in [0.1, 0.15) is 35.4 Å². The lowest BCUT2D eigenvalue weighted by atomic mass is 9.94. The summed E-state index contributed by atoms with van der Waals surface area (Å²) in [5.41, 5.74) is 0.728. The Morgan fingerprint density at radius 3 is 2.60 bits per heavy atom. The van der Waals surface area contributed by atoms with Crippen molar-refractivity contribution in [3.63, 3.8) is 0 Å². The first kappa shape index (κ1) is 16.7. The molecule has 3 fully saturated rings. The van der Waals surface area contributed by atoms with Gasteiger partial charge in [0.1, 0.15) is 5.76 Å². The Bertz CT molecular complexity index is 718. The molecule has 0 saturated carbocycles. The lowest BCUT2D eigenvalue weighted by Crippen LogP contribution is -2.41. The summed E-state index contributed by atoms with van der Waals surface area (Å²) < 4.78 is 5.58. The Hall–Kier alpha value is -1.72. The number of aryl methyl sites for hydroxylation is 1. The molecule has 1 atom stereocenters. The Kier molecular flexibility index (Phi) is 4.86. The molecule has 2 aromatic rings. The molecule has 3 saturated heterocycles. The van der Waals surface area contributed by atoms with Gasteiger partial charge in [0.05, 0.1) is 0 Å². The first-order valence-electron chi connectivity index (χ1n) is 9.03. The summed E-state index contributed by atoms with van der Waals surface area (Å²) in [5.74, 6) is 1.73. The van der Waals surface area contributed by atoms with E-state index in [2.05, 4.69) is 10.2 Å². The number of nitrogens with zero attached hydrogens (tertiary/aromatic N) is 1. The van der Waals surface area contributed by atoms with Crippen LogP contribution in [0.5, 0.6) is 0 Å². The molecule has 1 N–H and O–H groups in total. The molecule has 1 amide bonds. The van der Waals surface area contributed by atoms with Gasteiger partial charge in [-0.1, -0.05) is 11.8 Å². The van der Waals surface area contributed by atoms with E-state index in [0.29, 0.717) is 0 Å². The minimum absolute atomic E-state index is 0.0397. The third-order valence-corrected chi connectivity index (χ3v) is 6.12. The fourth-order valence-corrected chi connectivity index (χ4v) is 4.64. The molecule has 3 aliphatic heterocycles. The molecule has 25 heavy (non-hydrogen) atoms. The average molecular weight is 356 g/mol. The molecular weight excluding hydrogens is 332 g/mol. The fourth-order valence-electron chi connectivity index (χ4n) is 3.82. The lowest BCUT2D eigenvalue weighted by molar-refractivity contribution is 0.0928. The molecule has 5 rings (SSSR count). The molecule has 1 aromatic heterocycles. The third kappa shape index (κ3) is 4.10. The first-order chi connectivity index (χ1) is 12.2. The topological polar surface area (TPSA) is 45.5 Å². The van der Waals surface area contributed by atoms with Crippen LogP contribution in [0.25, 0.3) is 0 Å². The van der Waals surface area contributed by atoms with Crippen LogP contribution < -0.4 is 5.32 Å². The van der Waals surface area contributed by atoms with Crippen molar-refractivity contribution in [3.8, 4) is 0 Å². The molecule has 0 spiro atoms. The minimum Gasteiger partial charge on any atom is -0.455 e. The van der Waals surface area contributed by atoms with Crippen molar-refractivity contribution >= 4 is 17.7 Å². The highest BCUT2D eigenvalue weighted by Crippen LogP contribution is 2.29. The van der Waals surface area contributed by atoms with Gasteiger partial charge in [0, 0.05) is 23.0 Å². The van der Waals surface area contributed by atoms with E-state index in [1.807, 2.05) is 43.3 Å². The number of nitrogens with one attached hydrogen (secondary N) is 1. The Morgan fingerprint density at radius 1 is 1.16 bits per heavy atom. The molecule has 0 aliphatic carbocycles. The Balaban J connectivity index is 1.37. The van der Waals surface area contributed by atoms with Crippen molar-refractivity contribution < 1.29 is 9.21 Å². The molecule has 5 heteroatoms. The highest BCUT2D eigenvalue weighted by atomic mass is 32.2. The number of furan rings is 1. The largest absolute Gasteiger partial charge is 0.455 e. The highest BCUT2D eigenvalue weighted by molar-refractivity contribution is 7.99.